The molecule has 7 heteroatoms. The Bertz CT molecular complexity index is 977. The lowest BCUT2D eigenvalue weighted by Crippen LogP contribution is -2.23. The van der Waals surface area contributed by atoms with Gasteiger partial charge in [-0.2, -0.15) is 0 Å². The van der Waals surface area contributed by atoms with E-state index in [1.54, 1.807) is 6.92 Å². The van der Waals surface area contributed by atoms with Crippen LogP contribution in [0, 0.1) is 13.8 Å². The third-order valence-corrected chi connectivity index (χ3v) is 5.96. The van der Waals surface area contributed by atoms with Gasteiger partial charge in [-0.15, -0.1) is 11.3 Å². The predicted octanol–water partition coefficient (Wildman–Crippen LogP) is 3.63. The summed E-state index contributed by atoms with van der Waals surface area (Å²) in [4.78, 5) is 30.6. The smallest absolute Gasteiger partial charge is 0.316 e. The summed E-state index contributed by atoms with van der Waals surface area (Å²) in [5.74, 6) is -0.938. The molecule has 0 radical (unpaired) electrons. The predicted molar refractivity (Wildman–Crippen MR) is 97.6 cm³/mol. The summed E-state index contributed by atoms with van der Waals surface area (Å²) < 4.78 is 1.51. The Balaban J connectivity index is 2.32. The number of aliphatic carboxylic acids is 1. The van der Waals surface area contributed by atoms with Crippen LogP contribution in [0.2, 0.25) is 0 Å². The molecule has 0 unspecified atom stereocenters. The maximum Gasteiger partial charge on any atom is 0.316 e. The number of nitrogens with zero attached hydrogens (tertiary/aromatic N) is 2. The average molecular weight is 360 g/mol. The molecule has 24 heavy (non-hydrogen) atoms. The van der Waals surface area contributed by atoms with Crippen molar-refractivity contribution < 1.29 is 9.90 Å². The normalized spacial score (nSPS) is 12.5. The van der Waals surface area contributed by atoms with Crippen molar-refractivity contribution in [2.24, 2.45) is 0 Å². The second kappa shape index (κ2) is 6.41. The third-order valence-electron chi connectivity index (χ3n) is 3.82. The fourth-order valence-electron chi connectivity index (χ4n) is 2.37. The highest BCUT2D eigenvalue weighted by atomic mass is 32.2. The molecular weight excluding hydrogens is 344 g/mol. The van der Waals surface area contributed by atoms with Crippen molar-refractivity contribution in [1.82, 2.24) is 9.55 Å². The van der Waals surface area contributed by atoms with Gasteiger partial charge < -0.3 is 5.11 Å². The summed E-state index contributed by atoms with van der Waals surface area (Å²) in [5, 5.41) is 9.50. The van der Waals surface area contributed by atoms with Gasteiger partial charge in [0.2, 0.25) is 0 Å². The summed E-state index contributed by atoms with van der Waals surface area (Å²) >= 11 is 2.54. The molecule has 1 aromatic carbocycles. The van der Waals surface area contributed by atoms with Gasteiger partial charge in [0.05, 0.1) is 11.1 Å². The number of carboxylic acids is 1. The fraction of sp³-hybridized carbons (Fsp3) is 0.235. The van der Waals surface area contributed by atoms with Crippen molar-refractivity contribution in [1.29, 1.82) is 0 Å². The molecule has 1 atom stereocenters. The zero-order chi connectivity index (χ0) is 17.4. The van der Waals surface area contributed by atoms with Crippen LogP contribution in [0.4, 0.5) is 0 Å². The van der Waals surface area contributed by atoms with E-state index < -0.39 is 11.2 Å². The number of carbonyl (C=O) groups is 1. The van der Waals surface area contributed by atoms with Gasteiger partial charge in [-0.25, -0.2) is 4.98 Å². The molecule has 0 fully saturated rings. The molecule has 2 heterocycles. The van der Waals surface area contributed by atoms with E-state index in [4.69, 9.17) is 0 Å². The van der Waals surface area contributed by atoms with Crippen LogP contribution in [0.15, 0.2) is 40.3 Å². The quantitative estimate of drug-likeness (QED) is 0.568. The minimum Gasteiger partial charge on any atom is -0.480 e. The molecule has 0 saturated carbocycles. The van der Waals surface area contributed by atoms with Crippen LogP contribution in [-0.4, -0.2) is 25.9 Å². The maximum atomic E-state index is 13.1. The Morgan fingerprint density at radius 3 is 2.58 bits per heavy atom. The monoisotopic (exact) mass is 360 g/mol. The first-order valence-corrected chi connectivity index (χ1v) is 9.07. The number of para-hydroxylation sites is 1. The zero-order valence-corrected chi connectivity index (χ0v) is 15.1. The SMILES string of the molecule is Cc1sc2nc(S[C@H](C)C(=O)O)n(-c3ccccc3)c(=O)c2c1C. The molecule has 3 aromatic rings. The molecule has 0 amide bonds. The van der Waals surface area contributed by atoms with Crippen LogP contribution in [0.3, 0.4) is 0 Å². The summed E-state index contributed by atoms with van der Waals surface area (Å²) in [5.41, 5.74) is 1.45. The minimum atomic E-state index is -0.938. The number of benzene rings is 1. The van der Waals surface area contributed by atoms with Gasteiger partial charge in [0.25, 0.3) is 5.56 Å². The Kier molecular flexibility index (Phi) is 4.47. The number of aromatic nitrogens is 2. The van der Waals surface area contributed by atoms with Gasteiger partial charge in [0.15, 0.2) is 5.16 Å². The van der Waals surface area contributed by atoms with Crippen molar-refractivity contribution >= 4 is 39.3 Å². The van der Waals surface area contributed by atoms with Crippen molar-refractivity contribution in [3.63, 3.8) is 0 Å². The number of aryl methyl sites for hydroxylation is 2. The van der Waals surface area contributed by atoms with Crippen molar-refractivity contribution in [3.8, 4) is 5.69 Å². The standard InChI is InChI=1S/C17H16N2O3S2/c1-9-10(2)23-14-13(9)15(20)19(12-7-5-4-6-8-12)17(18-14)24-11(3)16(21)22/h4-8,11H,1-3H3,(H,21,22)/t11-/m1/s1. The lowest BCUT2D eigenvalue weighted by Gasteiger charge is -2.13. The van der Waals surface area contributed by atoms with E-state index in [-0.39, 0.29) is 5.56 Å². The van der Waals surface area contributed by atoms with Crippen molar-refractivity contribution in [2.75, 3.05) is 0 Å². The summed E-state index contributed by atoms with van der Waals surface area (Å²) in [6.07, 6.45) is 0. The number of fused-ring (bicyclic) bond motifs is 1. The lowest BCUT2D eigenvalue weighted by molar-refractivity contribution is -0.136. The Morgan fingerprint density at radius 2 is 1.96 bits per heavy atom. The highest BCUT2D eigenvalue weighted by molar-refractivity contribution is 8.00. The van der Waals surface area contributed by atoms with Crippen molar-refractivity contribution in [3.05, 3.63) is 51.1 Å². The topological polar surface area (TPSA) is 72.2 Å². The molecule has 124 valence electrons. The third kappa shape index (κ3) is 2.85. The highest BCUT2D eigenvalue weighted by Crippen LogP contribution is 2.30. The molecule has 3 rings (SSSR count). The number of rotatable bonds is 4. The molecule has 0 bridgehead atoms. The zero-order valence-electron chi connectivity index (χ0n) is 13.4. The summed E-state index contributed by atoms with van der Waals surface area (Å²) in [7, 11) is 0. The van der Waals surface area contributed by atoms with Crippen LogP contribution in [0.5, 0.6) is 0 Å². The molecule has 5 nitrogen and oxygen atoms in total. The lowest BCUT2D eigenvalue weighted by atomic mass is 10.2. The van der Waals surface area contributed by atoms with E-state index in [2.05, 4.69) is 4.98 Å². The average Bonchev–Trinajstić information content (AvgIpc) is 2.83. The Hall–Kier alpha value is -2.12. The van der Waals surface area contributed by atoms with Crippen LogP contribution in [0.25, 0.3) is 15.9 Å². The number of thiophene rings is 1. The van der Waals surface area contributed by atoms with Crippen LogP contribution >= 0.6 is 23.1 Å². The molecule has 0 aliphatic rings. The fourth-order valence-corrected chi connectivity index (χ4v) is 4.30. The van der Waals surface area contributed by atoms with E-state index in [1.165, 1.54) is 15.9 Å². The number of hydrogen-bond donors (Lipinski definition) is 1. The Labute approximate surface area is 147 Å². The van der Waals surface area contributed by atoms with E-state index in [1.807, 2.05) is 44.2 Å². The minimum absolute atomic E-state index is 0.159. The molecule has 0 spiro atoms. The first-order valence-electron chi connectivity index (χ1n) is 7.37. The van der Waals surface area contributed by atoms with Crippen LogP contribution in [0.1, 0.15) is 17.4 Å². The van der Waals surface area contributed by atoms with Crippen LogP contribution in [-0.2, 0) is 4.79 Å². The molecule has 1 N–H and O–H groups in total. The van der Waals surface area contributed by atoms with Gasteiger partial charge in [-0.05, 0) is 38.5 Å². The van der Waals surface area contributed by atoms with E-state index in [9.17, 15) is 14.7 Å². The van der Waals surface area contributed by atoms with Crippen molar-refractivity contribution in [2.45, 2.75) is 31.2 Å². The maximum absolute atomic E-state index is 13.1. The Morgan fingerprint density at radius 1 is 1.29 bits per heavy atom. The highest BCUT2D eigenvalue weighted by Gasteiger charge is 2.21. The molecule has 0 saturated heterocycles. The molecular formula is C17H16N2O3S2. The number of hydrogen-bond acceptors (Lipinski definition) is 5. The van der Waals surface area contributed by atoms with E-state index >= 15 is 0 Å². The molecule has 0 aliphatic heterocycles. The van der Waals surface area contributed by atoms with Gasteiger partial charge in [-0.3, -0.25) is 14.2 Å². The van der Waals surface area contributed by atoms with Crippen LogP contribution < -0.4 is 5.56 Å². The second-order valence-corrected chi connectivity index (χ2v) is 7.94. The molecule has 0 aliphatic carbocycles. The number of thioether (sulfide) groups is 1. The largest absolute Gasteiger partial charge is 0.480 e. The van der Waals surface area contributed by atoms with E-state index in [0.717, 1.165) is 22.2 Å². The second-order valence-electron chi connectivity index (χ2n) is 5.43. The van der Waals surface area contributed by atoms with E-state index in [0.29, 0.717) is 21.1 Å². The first-order chi connectivity index (χ1) is 11.4. The van der Waals surface area contributed by atoms with Gasteiger partial charge in [0, 0.05) is 4.88 Å². The van der Waals surface area contributed by atoms with Gasteiger partial charge in [0.1, 0.15) is 10.1 Å². The summed E-state index contributed by atoms with van der Waals surface area (Å²) in [6, 6.07) is 9.19. The summed E-state index contributed by atoms with van der Waals surface area (Å²) in [6.45, 7) is 5.46. The van der Waals surface area contributed by atoms with Gasteiger partial charge in [-0.1, -0.05) is 30.0 Å². The number of carboxylic acid groups (broad SMARTS) is 1. The molecule has 2 aromatic heterocycles. The first kappa shape index (κ1) is 16.7. The van der Waals surface area contributed by atoms with Gasteiger partial charge >= 0.3 is 5.97 Å².